The van der Waals surface area contributed by atoms with Gasteiger partial charge in [-0.25, -0.2) is 4.79 Å². The predicted molar refractivity (Wildman–Crippen MR) is 96.7 cm³/mol. The molecular formula is C19H37NO3. The number of carbonyl (C=O) groups excluding carboxylic acids is 1. The molecule has 1 atom stereocenters. The molecular weight excluding hydrogens is 290 g/mol. The molecule has 0 fully saturated rings. The summed E-state index contributed by atoms with van der Waals surface area (Å²) in [5.74, 6) is -0.200. The SMILES string of the molecule is CC/C=C\CCCCOC(CC)C(=O)OCCCCCCNC. The maximum absolute atomic E-state index is 11.9. The zero-order chi connectivity index (χ0) is 17.2. The molecule has 0 bridgehead atoms. The molecule has 4 heteroatoms. The molecule has 1 unspecified atom stereocenters. The number of nitrogens with one attached hydrogen (secondary N) is 1. The van der Waals surface area contributed by atoms with Crippen LogP contribution in [0, 0.1) is 0 Å². The molecule has 0 radical (unpaired) electrons. The molecule has 0 amide bonds. The molecule has 4 nitrogen and oxygen atoms in total. The second-order valence-electron chi connectivity index (χ2n) is 5.83. The van der Waals surface area contributed by atoms with E-state index >= 15 is 0 Å². The van der Waals surface area contributed by atoms with Gasteiger partial charge in [-0.1, -0.05) is 38.8 Å². The van der Waals surface area contributed by atoms with Crippen LogP contribution in [-0.4, -0.2) is 38.9 Å². The van der Waals surface area contributed by atoms with Crippen LogP contribution in [0.1, 0.15) is 71.6 Å². The van der Waals surface area contributed by atoms with Gasteiger partial charge in [-0.2, -0.15) is 0 Å². The van der Waals surface area contributed by atoms with Gasteiger partial charge in [0.25, 0.3) is 0 Å². The summed E-state index contributed by atoms with van der Waals surface area (Å²) >= 11 is 0. The molecule has 1 N–H and O–H groups in total. The predicted octanol–water partition coefficient (Wildman–Crippen LogP) is 4.24. The average molecular weight is 328 g/mol. The molecule has 23 heavy (non-hydrogen) atoms. The van der Waals surface area contributed by atoms with Crippen molar-refractivity contribution in [3.8, 4) is 0 Å². The molecule has 0 rings (SSSR count). The number of hydrogen-bond donors (Lipinski definition) is 1. The molecule has 136 valence electrons. The van der Waals surface area contributed by atoms with E-state index in [9.17, 15) is 4.79 Å². The van der Waals surface area contributed by atoms with Crippen LogP contribution in [0.4, 0.5) is 0 Å². The number of rotatable bonds is 16. The number of allylic oxidation sites excluding steroid dienone is 2. The summed E-state index contributed by atoms with van der Waals surface area (Å²) in [7, 11) is 1.97. The van der Waals surface area contributed by atoms with Crippen LogP contribution in [0.2, 0.25) is 0 Å². The van der Waals surface area contributed by atoms with E-state index < -0.39 is 6.10 Å². The summed E-state index contributed by atoms with van der Waals surface area (Å²) in [6.07, 6.45) is 13.4. The average Bonchev–Trinajstić information content (AvgIpc) is 2.56. The van der Waals surface area contributed by atoms with E-state index in [2.05, 4.69) is 24.4 Å². The standard InChI is InChI=1S/C19H37NO3/c1-4-6-7-8-10-13-16-22-18(5-2)19(21)23-17-14-11-9-12-15-20-3/h6-7,18,20H,4-5,8-17H2,1-3H3/b7-6-. The van der Waals surface area contributed by atoms with Crippen LogP contribution in [0.5, 0.6) is 0 Å². The Morgan fingerprint density at radius 3 is 2.43 bits per heavy atom. The van der Waals surface area contributed by atoms with Gasteiger partial charge in [0.15, 0.2) is 6.10 Å². The summed E-state index contributed by atoms with van der Waals surface area (Å²) in [5, 5.41) is 3.13. The zero-order valence-electron chi connectivity index (χ0n) is 15.4. The van der Waals surface area contributed by atoms with Crippen molar-refractivity contribution < 1.29 is 14.3 Å². The highest BCUT2D eigenvalue weighted by Crippen LogP contribution is 2.06. The quantitative estimate of drug-likeness (QED) is 0.262. The number of ether oxygens (including phenoxy) is 2. The third kappa shape index (κ3) is 14.5. The smallest absolute Gasteiger partial charge is 0.335 e. The topological polar surface area (TPSA) is 47.6 Å². The second-order valence-corrected chi connectivity index (χ2v) is 5.83. The van der Waals surface area contributed by atoms with E-state index in [1.54, 1.807) is 0 Å². The molecule has 0 saturated heterocycles. The molecule has 0 aliphatic rings. The van der Waals surface area contributed by atoms with Gasteiger partial charge in [-0.3, -0.25) is 0 Å². The van der Waals surface area contributed by atoms with E-state index in [1.807, 2.05) is 14.0 Å². The van der Waals surface area contributed by atoms with E-state index in [1.165, 1.54) is 12.8 Å². The number of esters is 1. The van der Waals surface area contributed by atoms with Crippen molar-refractivity contribution in [3.05, 3.63) is 12.2 Å². The number of hydrogen-bond acceptors (Lipinski definition) is 4. The first kappa shape index (κ1) is 22.1. The number of unbranched alkanes of at least 4 members (excludes halogenated alkanes) is 5. The molecule has 0 aliphatic heterocycles. The van der Waals surface area contributed by atoms with Crippen LogP contribution < -0.4 is 5.32 Å². The number of carbonyl (C=O) groups is 1. The van der Waals surface area contributed by atoms with Crippen LogP contribution in [0.3, 0.4) is 0 Å². The maximum Gasteiger partial charge on any atom is 0.335 e. The Bertz CT molecular complexity index is 292. The van der Waals surface area contributed by atoms with Gasteiger partial charge >= 0.3 is 5.97 Å². The lowest BCUT2D eigenvalue weighted by Gasteiger charge is -2.15. The van der Waals surface area contributed by atoms with Crippen molar-refractivity contribution in [2.75, 3.05) is 26.8 Å². The fourth-order valence-electron chi connectivity index (χ4n) is 2.25. The summed E-state index contributed by atoms with van der Waals surface area (Å²) in [6.45, 7) is 6.31. The largest absolute Gasteiger partial charge is 0.464 e. The summed E-state index contributed by atoms with van der Waals surface area (Å²) in [6, 6.07) is 0. The van der Waals surface area contributed by atoms with Gasteiger partial charge in [0.1, 0.15) is 0 Å². The van der Waals surface area contributed by atoms with E-state index in [0.717, 1.165) is 45.1 Å². The van der Waals surface area contributed by atoms with Crippen molar-refractivity contribution >= 4 is 5.97 Å². The second kappa shape index (κ2) is 17.5. The van der Waals surface area contributed by atoms with Crippen molar-refractivity contribution in [1.82, 2.24) is 5.32 Å². The van der Waals surface area contributed by atoms with Crippen molar-refractivity contribution in [2.24, 2.45) is 0 Å². The lowest BCUT2D eigenvalue weighted by Crippen LogP contribution is -2.26. The molecule has 0 heterocycles. The van der Waals surface area contributed by atoms with Gasteiger partial charge in [0, 0.05) is 6.61 Å². The third-order valence-corrected chi connectivity index (χ3v) is 3.69. The van der Waals surface area contributed by atoms with Crippen molar-refractivity contribution in [2.45, 2.75) is 77.7 Å². The molecule has 0 aromatic carbocycles. The van der Waals surface area contributed by atoms with Crippen LogP contribution in [0.25, 0.3) is 0 Å². The Labute approximate surface area is 143 Å². The highest BCUT2D eigenvalue weighted by Gasteiger charge is 2.18. The Hall–Kier alpha value is -0.870. The van der Waals surface area contributed by atoms with Gasteiger partial charge in [0.05, 0.1) is 6.61 Å². The fraction of sp³-hybridized carbons (Fsp3) is 0.842. The molecule has 0 spiro atoms. The Balaban J connectivity index is 3.59. The van der Waals surface area contributed by atoms with Crippen molar-refractivity contribution in [1.29, 1.82) is 0 Å². The van der Waals surface area contributed by atoms with Gasteiger partial charge < -0.3 is 14.8 Å². The van der Waals surface area contributed by atoms with Gasteiger partial charge in [0.2, 0.25) is 0 Å². The van der Waals surface area contributed by atoms with Gasteiger partial charge in [-0.05, 0) is 58.5 Å². The minimum absolute atomic E-state index is 0.200. The normalized spacial score (nSPS) is 12.7. The first-order valence-corrected chi connectivity index (χ1v) is 9.34. The van der Waals surface area contributed by atoms with Crippen LogP contribution >= 0.6 is 0 Å². The Kier molecular flexibility index (Phi) is 16.8. The van der Waals surface area contributed by atoms with E-state index in [4.69, 9.17) is 9.47 Å². The summed E-state index contributed by atoms with van der Waals surface area (Å²) in [5.41, 5.74) is 0. The first-order chi connectivity index (χ1) is 11.3. The van der Waals surface area contributed by atoms with Crippen LogP contribution in [-0.2, 0) is 14.3 Å². The fourth-order valence-corrected chi connectivity index (χ4v) is 2.25. The molecule has 0 aromatic rings. The van der Waals surface area contributed by atoms with E-state index in [-0.39, 0.29) is 5.97 Å². The summed E-state index contributed by atoms with van der Waals surface area (Å²) < 4.78 is 11.0. The van der Waals surface area contributed by atoms with Crippen molar-refractivity contribution in [3.63, 3.8) is 0 Å². The highest BCUT2D eigenvalue weighted by molar-refractivity contribution is 5.74. The third-order valence-electron chi connectivity index (χ3n) is 3.69. The van der Waals surface area contributed by atoms with E-state index in [0.29, 0.717) is 19.6 Å². The highest BCUT2D eigenvalue weighted by atomic mass is 16.6. The lowest BCUT2D eigenvalue weighted by molar-refractivity contribution is -0.157. The monoisotopic (exact) mass is 327 g/mol. The molecule has 0 saturated carbocycles. The lowest BCUT2D eigenvalue weighted by atomic mass is 10.2. The molecule has 0 aliphatic carbocycles. The summed E-state index contributed by atoms with van der Waals surface area (Å²) in [4.78, 5) is 11.9. The minimum Gasteiger partial charge on any atom is -0.464 e. The Morgan fingerprint density at radius 2 is 1.74 bits per heavy atom. The minimum atomic E-state index is -0.398. The molecule has 0 aromatic heterocycles. The Morgan fingerprint density at radius 1 is 1.00 bits per heavy atom. The van der Waals surface area contributed by atoms with Gasteiger partial charge in [-0.15, -0.1) is 0 Å². The zero-order valence-corrected chi connectivity index (χ0v) is 15.4. The first-order valence-electron chi connectivity index (χ1n) is 9.34. The maximum atomic E-state index is 11.9. The van der Waals surface area contributed by atoms with Crippen LogP contribution in [0.15, 0.2) is 12.2 Å².